The lowest BCUT2D eigenvalue weighted by Gasteiger charge is -2.30. The van der Waals surface area contributed by atoms with Crippen LogP contribution in [0.15, 0.2) is 54.0 Å². The average Bonchev–Trinajstić information content (AvgIpc) is 3.31. The van der Waals surface area contributed by atoms with Crippen LogP contribution in [0.4, 0.5) is 5.69 Å². The van der Waals surface area contributed by atoms with E-state index in [0.717, 1.165) is 17.1 Å². The fourth-order valence-electron chi connectivity index (χ4n) is 3.57. The zero-order valence-electron chi connectivity index (χ0n) is 19.3. The molecule has 0 aliphatic heterocycles. The van der Waals surface area contributed by atoms with Crippen LogP contribution >= 0.6 is 11.3 Å². The molecule has 0 saturated heterocycles. The van der Waals surface area contributed by atoms with E-state index < -0.39 is 0 Å². The molecule has 3 rings (SSSR count). The smallest absolute Gasteiger partial charge is 0.255 e. The molecule has 1 amide bonds. The summed E-state index contributed by atoms with van der Waals surface area (Å²) in [5, 5.41) is 5.81. The maximum atomic E-state index is 12.7. The van der Waals surface area contributed by atoms with Gasteiger partial charge in [-0.2, -0.15) is 0 Å². The van der Waals surface area contributed by atoms with Crippen molar-refractivity contribution in [1.29, 1.82) is 0 Å². The zero-order valence-corrected chi connectivity index (χ0v) is 20.1. The largest absolute Gasteiger partial charge is 0.493 e. The predicted octanol–water partition coefficient (Wildman–Crippen LogP) is 5.57. The maximum absolute atomic E-state index is 12.7. The number of aromatic nitrogens is 1. The lowest BCUT2D eigenvalue weighted by Crippen LogP contribution is -2.39. The van der Waals surface area contributed by atoms with Gasteiger partial charge in [-0.15, -0.1) is 11.3 Å². The summed E-state index contributed by atoms with van der Waals surface area (Å²) in [6.07, 6.45) is 1.77. The second-order valence-electron chi connectivity index (χ2n) is 8.01. The van der Waals surface area contributed by atoms with Gasteiger partial charge in [-0.05, 0) is 52.0 Å². The zero-order chi connectivity index (χ0) is 23.1. The van der Waals surface area contributed by atoms with Gasteiger partial charge in [0.1, 0.15) is 11.6 Å². The van der Waals surface area contributed by atoms with E-state index in [1.54, 1.807) is 48.9 Å². The van der Waals surface area contributed by atoms with Crippen LogP contribution in [0.5, 0.6) is 11.5 Å². The van der Waals surface area contributed by atoms with Crippen molar-refractivity contribution in [2.24, 2.45) is 0 Å². The van der Waals surface area contributed by atoms with Crippen LogP contribution in [0, 0.1) is 0 Å². The Morgan fingerprint density at radius 1 is 1.06 bits per heavy atom. The first kappa shape index (κ1) is 23.8. The van der Waals surface area contributed by atoms with Crippen molar-refractivity contribution in [3.8, 4) is 22.1 Å². The number of thiazole rings is 1. The van der Waals surface area contributed by atoms with E-state index in [-0.39, 0.29) is 5.91 Å². The van der Waals surface area contributed by atoms with Crippen LogP contribution in [0.1, 0.15) is 38.1 Å². The average molecular weight is 454 g/mol. The third-order valence-corrected chi connectivity index (χ3v) is 6.00. The predicted molar refractivity (Wildman–Crippen MR) is 131 cm³/mol. The second-order valence-corrected chi connectivity index (χ2v) is 8.90. The van der Waals surface area contributed by atoms with Gasteiger partial charge >= 0.3 is 0 Å². The molecule has 0 spiro atoms. The highest BCUT2D eigenvalue weighted by Crippen LogP contribution is 2.30. The number of anilines is 1. The van der Waals surface area contributed by atoms with Gasteiger partial charge in [0.25, 0.3) is 5.91 Å². The Hall–Kier alpha value is -2.90. The van der Waals surface area contributed by atoms with E-state index in [9.17, 15) is 4.79 Å². The summed E-state index contributed by atoms with van der Waals surface area (Å²) in [6.45, 7) is 10.1. The Morgan fingerprint density at radius 2 is 1.78 bits per heavy atom. The number of carbonyl (C=O) groups is 1. The van der Waals surface area contributed by atoms with Crippen molar-refractivity contribution in [2.75, 3.05) is 25.6 Å². The summed E-state index contributed by atoms with van der Waals surface area (Å²) in [5.41, 5.74) is 2.22. The fraction of sp³-hybridized carbons (Fsp3) is 0.360. The van der Waals surface area contributed by atoms with Crippen LogP contribution in [-0.2, 0) is 0 Å². The van der Waals surface area contributed by atoms with Gasteiger partial charge in [0.15, 0.2) is 11.5 Å². The van der Waals surface area contributed by atoms with E-state index >= 15 is 0 Å². The summed E-state index contributed by atoms with van der Waals surface area (Å²) in [5.74, 6) is 1.06. The van der Waals surface area contributed by atoms with Crippen LogP contribution < -0.4 is 14.8 Å². The van der Waals surface area contributed by atoms with Crippen LogP contribution in [0.3, 0.4) is 0 Å². The van der Waals surface area contributed by atoms with Gasteiger partial charge in [-0.25, -0.2) is 4.98 Å². The first-order valence-corrected chi connectivity index (χ1v) is 11.6. The normalized spacial score (nSPS) is 11.2. The van der Waals surface area contributed by atoms with E-state index in [0.29, 0.717) is 41.4 Å². The van der Waals surface area contributed by atoms with Crippen LogP contribution in [-0.4, -0.2) is 48.1 Å². The minimum atomic E-state index is -0.183. The molecule has 3 aromatic rings. The molecule has 170 valence electrons. The van der Waals surface area contributed by atoms with E-state index in [1.807, 2.05) is 23.6 Å². The molecule has 2 aromatic carbocycles. The topological polar surface area (TPSA) is 63.7 Å². The molecular formula is C25H31N3O3S. The third kappa shape index (κ3) is 6.08. The molecule has 0 saturated carbocycles. The van der Waals surface area contributed by atoms with Crippen molar-refractivity contribution in [3.63, 3.8) is 0 Å². The van der Waals surface area contributed by atoms with E-state index in [2.05, 4.69) is 42.9 Å². The molecule has 32 heavy (non-hydrogen) atoms. The molecule has 0 bridgehead atoms. The van der Waals surface area contributed by atoms with Crippen molar-refractivity contribution in [3.05, 3.63) is 59.6 Å². The molecule has 0 aliphatic rings. The minimum absolute atomic E-state index is 0.183. The monoisotopic (exact) mass is 453 g/mol. The van der Waals surface area contributed by atoms with E-state index in [4.69, 9.17) is 9.47 Å². The molecule has 1 heterocycles. The number of carbonyl (C=O) groups excluding carboxylic acids is 1. The summed E-state index contributed by atoms with van der Waals surface area (Å²) >= 11 is 1.57. The number of rotatable bonds is 10. The Kier molecular flexibility index (Phi) is 8.25. The van der Waals surface area contributed by atoms with Crippen molar-refractivity contribution < 1.29 is 14.3 Å². The van der Waals surface area contributed by atoms with Crippen molar-refractivity contribution in [1.82, 2.24) is 9.88 Å². The van der Waals surface area contributed by atoms with Gasteiger partial charge in [0.2, 0.25) is 0 Å². The lowest BCUT2D eigenvalue weighted by molar-refractivity contribution is 0.102. The number of methoxy groups -OCH3 is 1. The first-order chi connectivity index (χ1) is 15.4. The third-order valence-electron chi connectivity index (χ3n) is 5.18. The van der Waals surface area contributed by atoms with E-state index in [1.165, 1.54) is 0 Å². The molecule has 1 N–H and O–H groups in total. The molecule has 7 heteroatoms. The number of hydrogen-bond donors (Lipinski definition) is 1. The Bertz CT molecular complexity index is 994. The first-order valence-electron chi connectivity index (χ1n) is 10.8. The number of amides is 1. The minimum Gasteiger partial charge on any atom is -0.493 e. The molecule has 0 fully saturated rings. The highest BCUT2D eigenvalue weighted by molar-refractivity contribution is 7.13. The number of nitrogens with zero attached hydrogens (tertiary/aromatic N) is 2. The summed E-state index contributed by atoms with van der Waals surface area (Å²) in [4.78, 5) is 19.4. The highest BCUT2D eigenvalue weighted by atomic mass is 32.1. The quantitative estimate of drug-likeness (QED) is 0.435. The van der Waals surface area contributed by atoms with Gasteiger partial charge in [0, 0.05) is 53.1 Å². The fourth-order valence-corrected chi connectivity index (χ4v) is 4.22. The summed E-state index contributed by atoms with van der Waals surface area (Å²) in [6, 6.07) is 13.7. The summed E-state index contributed by atoms with van der Waals surface area (Å²) < 4.78 is 11.5. The standard InChI is InChI=1S/C25H31N3O3S/c1-17(2)28(18(3)4)13-14-31-23-16-21(10-11-22(23)30-5)27-24(29)19-6-8-20(9-7-19)25-26-12-15-32-25/h6-12,15-18H,13-14H2,1-5H3,(H,27,29). The number of nitrogens with one attached hydrogen (secondary N) is 1. The van der Waals surface area contributed by atoms with Crippen molar-refractivity contribution >= 4 is 22.9 Å². The number of benzene rings is 2. The number of hydrogen-bond acceptors (Lipinski definition) is 6. The molecular weight excluding hydrogens is 422 g/mol. The Morgan fingerprint density at radius 3 is 2.38 bits per heavy atom. The second kappa shape index (κ2) is 11.1. The van der Waals surface area contributed by atoms with Gasteiger partial charge in [-0.3, -0.25) is 9.69 Å². The molecule has 0 radical (unpaired) electrons. The van der Waals surface area contributed by atoms with Gasteiger partial charge in [0.05, 0.1) is 7.11 Å². The maximum Gasteiger partial charge on any atom is 0.255 e. The molecule has 0 unspecified atom stereocenters. The molecule has 1 aromatic heterocycles. The SMILES string of the molecule is COc1ccc(NC(=O)c2ccc(-c3nccs3)cc2)cc1OCCN(C(C)C)C(C)C. The van der Waals surface area contributed by atoms with Crippen LogP contribution in [0.2, 0.25) is 0 Å². The van der Waals surface area contributed by atoms with Crippen molar-refractivity contribution in [2.45, 2.75) is 39.8 Å². The number of ether oxygens (including phenoxy) is 2. The van der Waals surface area contributed by atoms with Crippen LogP contribution in [0.25, 0.3) is 10.6 Å². The highest BCUT2D eigenvalue weighted by Gasteiger charge is 2.15. The summed E-state index contributed by atoms with van der Waals surface area (Å²) in [7, 11) is 1.61. The Balaban J connectivity index is 1.66. The molecule has 0 aliphatic carbocycles. The molecule has 0 atom stereocenters. The molecule has 6 nitrogen and oxygen atoms in total. The Labute approximate surface area is 194 Å². The van der Waals surface area contributed by atoms with Gasteiger partial charge in [-0.1, -0.05) is 12.1 Å². The van der Waals surface area contributed by atoms with Gasteiger partial charge < -0.3 is 14.8 Å². The lowest BCUT2D eigenvalue weighted by atomic mass is 10.1.